The molecule has 0 aliphatic rings. The first kappa shape index (κ1) is 18.3. The van der Waals surface area contributed by atoms with Gasteiger partial charge < -0.3 is 16.0 Å². The Morgan fingerprint density at radius 3 is 2.44 bits per heavy atom. The van der Waals surface area contributed by atoms with Crippen LogP contribution >= 0.6 is 0 Å². The molecule has 0 saturated carbocycles. The Morgan fingerprint density at radius 1 is 1.04 bits per heavy atom. The Kier molecular flexibility index (Phi) is 5.31. The van der Waals surface area contributed by atoms with Gasteiger partial charge in [0.1, 0.15) is 5.69 Å². The molecule has 3 aromatic rings. The minimum atomic E-state index is -0.233. The lowest BCUT2D eigenvalue weighted by atomic mass is 10.0. The van der Waals surface area contributed by atoms with E-state index in [2.05, 4.69) is 15.6 Å². The Bertz CT molecular complexity index is 994. The first-order valence-corrected chi connectivity index (χ1v) is 8.70. The quantitative estimate of drug-likeness (QED) is 0.581. The average molecular weight is 358 g/mol. The first-order chi connectivity index (χ1) is 13.0. The van der Waals surface area contributed by atoms with Crippen LogP contribution in [0.15, 0.2) is 54.6 Å². The fourth-order valence-electron chi connectivity index (χ4n) is 2.80. The fourth-order valence-corrected chi connectivity index (χ4v) is 2.80. The number of amides is 1. The van der Waals surface area contributed by atoms with Crippen LogP contribution < -0.4 is 10.6 Å². The molecule has 1 aromatic heterocycles. The zero-order valence-corrected chi connectivity index (χ0v) is 15.6. The number of hydrogen-bond acceptors (Lipinski definition) is 4. The van der Waals surface area contributed by atoms with Crippen molar-refractivity contribution in [3.05, 3.63) is 77.0 Å². The summed E-state index contributed by atoms with van der Waals surface area (Å²) in [4.78, 5) is 17.3. The van der Waals surface area contributed by atoms with Gasteiger partial charge in [0.2, 0.25) is 0 Å². The highest BCUT2D eigenvalue weighted by Gasteiger charge is 2.13. The molecule has 0 atom stereocenters. The molecule has 1 amide bonds. The highest BCUT2D eigenvalue weighted by molar-refractivity contribution is 6.04. The van der Waals surface area contributed by atoms with Crippen molar-refractivity contribution in [2.24, 2.45) is 0 Å². The average Bonchev–Trinajstić information content (AvgIpc) is 2.69. The van der Waals surface area contributed by atoms with E-state index in [1.54, 1.807) is 0 Å². The van der Waals surface area contributed by atoms with Crippen molar-refractivity contribution >= 4 is 23.5 Å². The number of pyridine rings is 1. The molecule has 0 bridgehead atoms. The number of nitrogens with one attached hydrogen (secondary N) is 3. The molecule has 0 fully saturated rings. The Morgan fingerprint density at radius 2 is 1.78 bits per heavy atom. The number of aryl methyl sites for hydroxylation is 2. The summed E-state index contributed by atoms with van der Waals surface area (Å²) in [5.41, 5.74) is 6.32. The highest BCUT2D eigenvalue weighted by atomic mass is 16.1. The maximum absolute atomic E-state index is 12.7. The van der Waals surface area contributed by atoms with Gasteiger partial charge in [0.05, 0.1) is 5.69 Å². The Hall–Kier alpha value is -3.47. The van der Waals surface area contributed by atoms with Crippen molar-refractivity contribution in [2.45, 2.75) is 13.8 Å². The molecule has 3 N–H and O–H groups in total. The van der Waals surface area contributed by atoms with Crippen LogP contribution in [0.2, 0.25) is 0 Å². The lowest BCUT2D eigenvalue weighted by Crippen LogP contribution is -2.15. The summed E-state index contributed by atoms with van der Waals surface area (Å²) in [5, 5.41) is 13.5. The monoisotopic (exact) mass is 358 g/mol. The van der Waals surface area contributed by atoms with Crippen molar-refractivity contribution in [1.82, 2.24) is 4.98 Å². The number of hydrogen-bond donors (Lipinski definition) is 3. The second kappa shape index (κ2) is 7.83. The number of carbonyl (C=O) groups is 1. The molecule has 0 saturated heterocycles. The SMILES string of the molecule is CNc1cc(-c2ccc(C)c(C(=O)Nc3ccc(C)cc3)n2)ccc1C=N. The highest BCUT2D eigenvalue weighted by Crippen LogP contribution is 2.25. The van der Waals surface area contributed by atoms with Gasteiger partial charge in [-0.05, 0) is 43.7 Å². The molecule has 27 heavy (non-hydrogen) atoms. The molecule has 5 heteroatoms. The summed E-state index contributed by atoms with van der Waals surface area (Å²) in [6.07, 6.45) is 1.30. The Balaban J connectivity index is 1.93. The number of anilines is 2. The van der Waals surface area contributed by atoms with Gasteiger partial charge in [0.25, 0.3) is 5.91 Å². The first-order valence-electron chi connectivity index (χ1n) is 8.70. The molecular formula is C22H22N4O. The van der Waals surface area contributed by atoms with Crippen LogP contribution in [0.4, 0.5) is 11.4 Å². The summed E-state index contributed by atoms with van der Waals surface area (Å²) in [7, 11) is 1.81. The van der Waals surface area contributed by atoms with Crippen LogP contribution in [-0.4, -0.2) is 24.2 Å². The van der Waals surface area contributed by atoms with E-state index in [9.17, 15) is 4.79 Å². The topological polar surface area (TPSA) is 77.9 Å². The van der Waals surface area contributed by atoms with Crippen molar-refractivity contribution in [3.8, 4) is 11.3 Å². The molecule has 2 aromatic carbocycles. The van der Waals surface area contributed by atoms with E-state index in [0.717, 1.165) is 33.6 Å². The standard InChI is InChI=1S/C22H22N4O/c1-14-4-9-18(10-5-14)25-22(27)21-15(2)6-11-19(26-21)16-7-8-17(13-23)20(12-16)24-3/h4-13,23-24H,1-3H3,(H,25,27). The third-order valence-electron chi connectivity index (χ3n) is 4.40. The predicted octanol–water partition coefficient (Wildman–Crippen LogP) is 4.66. The summed E-state index contributed by atoms with van der Waals surface area (Å²) in [5.74, 6) is -0.233. The van der Waals surface area contributed by atoms with Crippen molar-refractivity contribution < 1.29 is 4.79 Å². The number of nitrogens with zero attached hydrogens (tertiary/aromatic N) is 1. The number of rotatable bonds is 5. The second-order valence-electron chi connectivity index (χ2n) is 6.38. The summed E-state index contributed by atoms with van der Waals surface area (Å²) in [6.45, 7) is 3.88. The van der Waals surface area contributed by atoms with Gasteiger partial charge in [0, 0.05) is 35.8 Å². The van der Waals surface area contributed by atoms with Crippen LogP contribution in [0.25, 0.3) is 11.3 Å². The van der Waals surface area contributed by atoms with Crippen LogP contribution in [-0.2, 0) is 0 Å². The van der Waals surface area contributed by atoms with Gasteiger partial charge in [-0.25, -0.2) is 4.98 Å². The maximum Gasteiger partial charge on any atom is 0.274 e. The van der Waals surface area contributed by atoms with Crippen LogP contribution in [0.1, 0.15) is 27.2 Å². The van der Waals surface area contributed by atoms with Gasteiger partial charge >= 0.3 is 0 Å². The minimum absolute atomic E-state index is 0.233. The lowest BCUT2D eigenvalue weighted by molar-refractivity contribution is 0.102. The zero-order valence-electron chi connectivity index (χ0n) is 15.6. The van der Waals surface area contributed by atoms with E-state index < -0.39 is 0 Å². The zero-order chi connectivity index (χ0) is 19.4. The minimum Gasteiger partial charge on any atom is -0.388 e. The summed E-state index contributed by atoms with van der Waals surface area (Å²) < 4.78 is 0. The molecular weight excluding hydrogens is 336 g/mol. The molecule has 136 valence electrons. The van der Waals surface area contributed by atoms with Crippen molar-refractivity contribution in [1.29, 1.82) is 5.41 Å². The van der Waals surface area contributed by atoms with Crippen molar-refractivity contribution in [2.75, 3.05) is 17.7 Å². The summed E-state index contributed by atoms with van der Waals surface area (Å²) >= 11 is 0. The normalized spacial score (nSPS) is 10.3. The smallest absolute Gasteiger partial charge is 0.274 e. The van der Waals surface area contributed by atoms with E-state index >= 15 is 0 Å². The van der Waals surface area contributed by atoms with Gasteiger partial charge in [-0.15, -0.1) is 0 Å². The molecule has 0 spiro atoms. The number of benzene rings is 2. The van der Waals surface area contributed by atoms with Crippen LogP contribution in [0.3, 0.4) is 0 Å². The van der Waals surface area contributed by atoms with Gasteiger partial charge in [0.15, 0.2) is 0 Å². The van der Waals surface area contributed by atoms with E-state index in [-0.39, 0.29) is 5.91 Å². The van der Waals surface area contributed by atoms with Crippen LogP contribution in [0.5, 0.6) is 0 Å². The van der Waals surface area contributed by atoms with Gasteiger partial charge in [-0.2, -0.15) is 0 Å². The van der Waals surface area contributed by atoms with Gasteiger partial charge in [-0.3, -0.25) is 4.79 Å². The molecule has 0 aliphatic carbocycles. The van der Waals surface area contributed by atoms with Crippen LogP contribution in [0, 0.1) is 19.3 Å². The molecule has 0 aliphatic heterocycles. The molecule has 3 rings (SSSR count). The third kappa shape index (κ3) is 4.03. The molecule has 1 heterocycles. The largest absolute Gasteiger partial charge is 0.388 e. The number of aromatic nitrogens is 1. The molecule has 0 unspecified atom stereocenters. The van der Waals surface area contributed by atoms with E-state index in [0.29, 0.717) is 11.4 Å². The fraction of sp³-hybridized carbons (Fsp3) is 0.136. The maximum atomic E-state index is 12.7. The number of carbonyl (C=O) groups excluding carboxylic acids is 1. The van der Waals surface area contributed by atoms with E-state index in [1.807, 2.05) is 75.5 Å². The van der Waals surface area contributed by atoms with Gasteiger partial charge in [-0.1, -0.05) is 35.9 Å². The van der Waals surface area contributed by atoms with Crippen molar-refractivity contribution in [3.63, 3.8) is 0 Å². The second-order valence-corrected chi connectivity index (χ2v) is 6.38. The van der Waals surface area contributed by atoms with E-state index in [1.165, 1.54) is 6.21 Å². The lowest BCUT2D eigenvalue weighted by Gasteiger charge is -2.11. The molecule has 0 radical (unpaired) electrons. The third-order valence-corrected chi connectivity index (χ3v) is 4.40. The summed E-state index contributed by atoms with van der Waals surface area (Å²) in [6, 6.07) is 17.2. The predicted molar refractivity (Wildman–Crippen MR) is 111 cm³/mol. The van der Waals surface area contributed by atoms with E-state index in [4.69, 9.17) is 5.41 Å². The molecule has 5 nitrogen and oxygen atoms in total. The Labute approximate surface area is 159 Å².